The van der Waals surface area contributed by atoms with Gasteiger partial charge in [0.2, 0.25) is 0 Å². The molecular formula is C18H34N2. The summed E-state index contributed by atoms with van der Waals surface area (Å²) in [5.74, 6) is 1.62. The van der Waals surface area contributed by atoms with Crippen molar-refractivity contribution < 1.29 is 0 Å². The maximum atomic E-state index is 3.87. The zero-order valence-corrected chi connectivity index (χ0v) is 14.0. The maximum absolute atomic E-state index is 3.87. The summed E-state index contributed by atoms with van der Waals surface area (Å²) >= 11 is 0. The average Bonchev–Trinajstić information content (AvgIpc) is 2.48. The second-order valence-electron chi connectivity index (χ2n) is 7.26. The van der Waals surface area contributed by atoms with Crippen LogP contribution in [0.3, 0.4) is 0 Å². The van der Waals surface area contributed by atoms with Crippen LogP contribution >= 0.6 is 0 Å². The summed E-state index contributed by atoms with van der Waals surface area (Å²) in [6, 6.07) is 0.715. The lowest BCUT2D eigenvalue weighted by Crippen LogP contribution is -2.65. The van der Waals surface area contributed by atoms with Gasteiger partial charge in [0.25, 0.3) is 0 Å². The second kappa shape index (κ2) is 7.09. The third kappa shape index (κ3) is 3.65. The Kier molecular flexibility index (Phi) is 5.68. The zero-order chi connectivity index (χ0) is 14.6. The van der Waals surface area contributed by atoms with Gasteiger partial charge < -0.3 is 5.32 Å². The van der Waals surface area contributed by atoms with Crippen LogP contribution < -0.4 is 5.32 Å². The standard InChI is InChI=1S/C18H34N2/c1-5-18(6-2)14-20(17(12-19-18)15(3)4)13-16-10-8-7-9-11-16/h7-8,15-17,19H,5-6,9-14H2,1-4H3. The van der Waals surface area contributed by atoms with Gasteiger partial charge in [-0.3, -0.25) is 4.90 Å². The SMILES string of the molecule is CCC1(CC)CN(CC2CC=CCC2)C(C(C)C)CN1. The number of nitrogens with one attached hydrogen (secondary N) is 1. The van der Waals surface area contributed by atoms with Crippen LogP contribution in [0, 0.1) is 11.8 Å². The highest BCUT2D eigenvalue weighted by molar-refractivity contribution is 4.99. The second-order valence-corrected chi connectivity index (χ2v) is 7.26. The number of allylic oxidation sites excluding steroid dienone is 2. The molecule has 0 amide bonds. The smallest absolute Gasteiger partial charge is 0.0304 e. The predicted octanol–water partition coefficient (Wildman–Crippen LogP) is 3.83. The molecule has 1 heterocycles. The molecule has 2 heteroatoms. The molecule has 0 bridgehead atoms. The zero-order valence-electron chi connectivity index (χ0n) is 14.0. The van der Waals surface area contributed by atoms with Crippen molar-refractivity contribution >= 4 is 0 Å². The number of hydrogen-bond acceptors (Lipinski definition) is 2. The normalized spacial score (nSPS) is 30.9. The Morgan fingerprint density at radius 2 is 2.00 bits per heavy atom. The van der Waals surface area contributed by atoms with Crippen molar-refractivity contribution in [3.05, 3.63) is 12.2 Å². The quantitative estimate of drug-likeness (QED) is 0.769. The van der Waals surface area contributed by atoms with E-state index in [1.165, 1.54) is 51.7 Å². The molecule has 1 aliphatic heterocycles. The Hall–Kier alpha value is -0.340. The van der Waals surface area contributed by atoms with Crippen LogP contribution in [-0.4, -0.2) is 36.1 Å². The van der Waals surface area contributed by atoms with E-state index in [2.05, 4.69) is 50.1 Å². The summed E-state index contributed by atoms with van der Waals surface area (Å²) in [5.41, 5.74) is 0.357. The lowest BCUT2D eigenvalue weighted by Gasteiger charge is -2.50. The maximum Gasteiger partial charge on any atom is 0.0304 e. The number of rotatable bonds is 5. The molecule has 2 aliphatic rings. The summed E-state index contributed by atoms with van der Waals surface area (Å²) in [5, 5.41) is 3.87. The summed E-state index contributed by atoms with van der Waals surface area (Å²) < 4.78 is 0. The van der Waals surface area contributed by atoms with Gasteiger partial charge in [0.15, 0.2) is 0 Å². The van der Waals surface area contributed by atoms with Crippen molar-refractivity contribution in [3.63, 3.8) is 0 Å². The third-order valence-electron chi connectivity index (χ3n) is 5.65. The van der Waals surface area contributed by atoms with E-state index in [0.29, 0.717) is 11.6 Å². The Morgan fingerprint density at radius 3 is 2.55 bits per heavy atom. The van der Waals surface area contributed by atoms with Gasteiger partial charge in [0, 0.05) is 31.2 Å². The van der Waals surface area contributed by atoms with E-state index in [4.69, 9.17) is 0 Å². The van der Waals surface area contributed by atoms with Crippen LogP contribution in [0.1, 0.15) is 59.8 Å². The molecule has 20 heavy (non-hydrogen) atoms. The summed E-state index contributed by atoms with van der Waals surface area (Å²) in [6.07, 6.45) is 11.2. The van der Waals surface area contributed by atoms with Gasteiger partial charge >= 0.3 is 0 Å². The first-order chi connectivity index (χ1) is 9.60. The first-order valence-corrected chi connectivity index (χ1v) is 8.74. The van der Waals surface area contributed by atoms with E-state index in [9.17, 15) is 0 Å². The monoisotopic (exact) mass is 278 g/mol. The first-order valence-electron chi connectivity index (χ1n) is 8.74. The van der Waals surface area contributed by atoms with Gasteiger partial charge in [-0.25, -0.2) is 0 Å². The first kappa shape index (κ1) is 16.0. The Balaban J connectivity index is 2.04. The lowest BCUT2D eigenvalue weighted by atomic mass is 9.84. The van der Waals surface area contributed by atoms with Crippen molar-refractivity contribution in [3.8, 4) is 0 Å². The lowest BCUT2D eigenvalue weighted by molar-refractivity contribution is 0.0371. The molecular weight excluding hydrogens is 244 g/mol. The summed E-state index contributed by atoms with van der Waals surface area (Å²) in [4.78, 5) is 2.82. The predicted molar refractivity (Wildman–Crippen MR) is 88.0 cm³/mol. The van der Waals surface area contributed by atoms with E-state index in [0.717, 1.165) is 11.8 Å². The fraction of sp³-hybridized carbons (Fsp3) is 0.889. The van der Waals surface area contributed by atoms with Crippen LogP contribution in [0.15, 0.2) is 12.2 Å². The van der Waals surface area contributed by atoms with Crippen LogP contribution in [-0.2, 0) is 0 Å². The topological polar surface area (TPSA) is 15.3 Å². The molecule has 0 aromatic carbocycles. The third-order valence-corrected chi connectivity index (χ3v) is 5.65. The van der Waals surface area contributed by atoms with Crippen LogP contribution in [0.4, 0.5) is 0 Å². The fourth-order valence-corrected chi connectivity index (χ4v) is 3.95. The van der Waals surface area contributed by atoms with Gasteiger partial charge in [-0.2, -0.15) is 0 Å². The molecule has 0 spiro atoms. The van der Waals surface area contributed by atoms with Crippen molar-refractivity contribution in [2.24, 2.45) is 11.8 Å². The van der Waals surface area contributed by atoms with E-state index in [-0.39, 0.29) is 0 Å². The minimum Gasteiger partial charge on any atom is -0.308 e. The van der Waals surface area contributed by atoms with Crippen molar-refractivity contribution in [1.29, 1.82) is 0 Å². The van der Waals surface area contributed by atoms with Gasteiger partial charge in [-0.15, -0.1) is 0 Å². The molecule has 0 radical (unpaired) electrons. The molecule has 1 N–H and O–H groups in total. The van der Waals surface area contributed by atoms with E-state index < -0.39 is 0 Å². The molecule has 2 unspecified atom stereocenters. The van der Waals surface area contributed by atoms with Crippen molar-refractivity contribution in [1.82, 2.24) is 10.2 Å². The minimum absolute atomic E-state index is 0.357. The molecule has 1 aliphatic carbocycles. The summed E-state index contributed by atoms with van der Waals surface area (Å²) in [7, 11) is 0. The number of nitrogens with zero attached hydrogens (tertiary/aromatic N) is 1. The van der Waals surface area contributed by atoms with E-state index in [1.54, 1.807) is 0 Å². The Labute approximate surface area is 126 Å². The highest BCUT2D eigenvalue weighted by atomic mass is 15.3. The highest BCUT2D eigenvalue weighted by Crippen LogP contribution is 2.28. The molecule has 2 nitrogen and oxygen atoms in total. The number of piperazine rings is 1. The van der Waals surface area contributed by atoms with Gasteiger partial charge in [0.1, 0.15) is 0 Å². The van der Waals surface area contributed by atoms with Gasteiger partial charge in [0.05, 0.1) is 0 Å². The molecule has 2 rings (SSSR count). The number of hydrogen-bond donors (Lipinski definition) is 1. The van der Waals surface area contributed by atoms with E-state index >= 15 is 0 Å². The van der Waals surface area contributed by atoms with Crippen LogP contribution in [0.5, 0.6) is 0 Å². The molecule has 116 valence electrons. The van der Waals surface area contributed by atoms with Crippen molar-refractivity contribution in [2.45, 2.75) is 71.4 Å². The van der Waals surface area contributed by atoms with Gasteiger partial charge in [-0.05, 0) is 43.9 Å². The van der Waals surface area contributed by atoms with E-state index in [1.807, 2.05) is 0 Å². The largest absolute Gasteiger partial charge is 0.308 e. The fourth-order valence-electron chi connectivity index (χ4n) is 3.95. The Bertz CT molecular complexity index is 317. The molecule has 1 saturated heterocycles. The average molecular weight is 278 g/mol. The molecule has 2 atom stereocenters. The molecule has 0 aromatic rings. The van der Waals surface area contributed by atoms with Crippen molar-refractivity contribution in [2.75, 3.05) is 19.6 Å². The minimum atomic E-state index is 0.357. The van der Waals surface area contributed by atoms with Gasteiger partial charge in [-0.1, -0.05) is 39.8 Å². The highest BCUT2D eigenvalue weighted by Gasteiger charge is 2.38. The summed E-state index contributed by atoms with van der Waals surface area (Å²) in [6.45, 7) is 13.2. The molecule has 0 aromatic heterocycles. The molecule has 0 saturated carbocycles. The van der Waals surface area contributed by atoms with Crippen LogP contribution in [0.25, 0.3) is 0 Å². The molecule has 1 fully saturated rings. The Morgan fingerprint density at radius 1 is 1.25 bits per heavy atom. The van der Waals surface area contributed by atoms with Crippen LogP contribution in [0.2, 0.25) is 0 Å².